The van der Waals surface area contributed by atoms with Crippen molar-refractivity contribution in [3.05, 3.63) is 17.6 Å². The normalized spacial score (nSPS) is 16.7. The van der Waals surface area contributed by atoms with Gasteiger partial charge >= 0.3 is 0 Å². The van der Waals surface area contributed by atoms with Gasteiger partial charge in [-0.2, -0.15) is 0 Å². The molecule has 1 aliphatic rings. The van der Waals surface area contributed by atoms with Crippen LogP contribution in [0.1, 0.15) is 18.4 Å². The van der Waals surface area contributed by atoms with Crippen molar-refractivity contribution >= 4 is 15.8 Å². The third-order valence-electron chi connectivity index (χ3n) is 3.43. The zero-order chi connectivity index (χ0) is 15.5. The van der Waals surface area contributed by atoms with Crippen LogP contribution in [0.25, 0.3) is 0 Å². The average molecular weight is 314 g/mol. The molecule has 0 saturated carbocycles. The highest BCUT2D eigenvalue weighted by atomic mass is 32.2. The second-order valence-electron chi connectivity index (χ2n) is 5.21. The van der Waals surface area contributed by atoms with Gasteiger partial charge in [0, 0.05) is 44.4 Å². The van der Waals surface area contributed by atoms with Crippen LogP contribution in [-0.4, -0.2) is 55.2 Å². The number of hydrogen-bond acceptors (Lipinski definition) is 6. The van der Waals surface area contributed by atoms with Crippen LogP contribution in [0.4, 0.5) is 5.82 Å². The van der Waals surface area contributed by atoms with E-state index in [1.54, 1.807) is 14.0 Å². The number of methoxy groups -OCH3 is 1. The molecule has 0 radical (unpaired) electrons. The average Bonchev–Trinajstić information content (AvgIpc) is 2.36. The molecule has 0 spiro atoms. The Labute approximate surface area is 125 Å². The maximum absolute atomic E-state index is 11.6. The second-order valence-corrected chi connectivity index (χ2v) is 7.47. The SMILES string of the molecule is CCS(=O)(=O)N1CC(CNc2cc(C)nc(COC)n2)C1. The van der Waals surface area contributed by atoms with Crippen LogP contribution >= 0.6 is 0 Å². The summed E-state index contributed by atoms with van der Waals surface area (Å²) in [7, 11) is -1.43. The van der Waals surface area contributed by atoms with Crippen molar-refractivity contribution < 1.29 is 13.2 Å². The van der Waals surface area contributed by atoms with Gasteiger partial charge in [0.1, 0.15) is 12.4 Å². The van der Waals surface area contributed by atoms with Gasteiger partial charge in [-0.1, -0.05) is 0 Å². The molecule has 1 fully saturated rings. The first kappa shape index (κ1) is 16.1. The Morgan fingerprint density at radius 1 is 1.43 bits per heavy atom. The third kappa shape index (κ3) is 4.12. The number of ether oxygens (including phenoxy) is 1. The van der Waals surface area contributed by atoms with Crippen LogP contribution in [0, 0.1) is 12.8 Å². The van der Waals surface area contributed by atoms with Gasteiger partial charge in [-0.25, -0.2) is 22.7 Å². The molecule has 2 rings (SSSR count). The lowest BCUT2D eigenvalue weighted by Crippen LogP contribution is -2.52. The highest BCUT2D eigenvalue weighted by molar-refractivity contribution is 7.89. The Morgan fingerprint density at radius 2 is 2.14 bits per heavy atom. The molecule has 0 aromatic carbocycles. The minimum atomic E-state index is -3.03. The van der Waals surface area contributed by atoms with Crippen LogP contribution in [0.3, 0.4) is 0 Å². The number of aryl methyl sites for hydroxylation is 1. The Balaban J connectivity index is 1.85. The first-order valence-electron chi connectivity index (χ1n) is 6.99. The van der Waals surface area contributed by atoms with Crippen LogP contribution in [0.15, 0.2) is 6.07 Å². The van der Waals surface area contributed by atoms with E-state index in [-0.39, 0.29) is 5.75 Å². The number of aromatic nitrogens is 2. The van der Waals surface area contributed by atoms with Gasteiger partial charge < -0.3 is 10.1 Å². The standard InChI is InChI=1S/C13H22N4O3S/c1-4-21(18,19)17-7-11(8-17)6-14-12-5-10(2)15-13(16-12)9-20-3/h5,11H,4,6-9H2,1-3H3,(H,14,15,16). The van der Waals surface area contributed by atoms with E-state index in [2.05, 4.69) is 15.3 Å². The summed E-state index contributed by atoms with van der Waals surface area (Å²) in [6.07, 6.45) is 0. The first-order chi connectivity index (χ1) is 9.94. The van der Waals surface area contributed by atoms with Crippen LogP contribution in [0.2, 0.25) is 0 Å². The molecule has 1 saturated heterocycles. The first-order valence-corrected chi connectivity index (χ1v) is 8.60. The maximum atomic E-state index is 11.6. The fourth-order valence-electron chi connectivity index (χ4n) is 2.22. The van der Waals surface area contributed by atoms with Crippen molar-refractivity contribution in [3.8, 4) is 0 Å². The minimum absolute atomic E-state index is 0.165. The molecule has 1 N–H and O–H groups in total. The summed E-state index contributed by atoms with van der Waals surface area (Å²) in [6, 6.07) is 1.87. The second kappa shape index (κ2) is 6.67. The summed E-state index contributed by atoms with van der Waals surface area (Å²) >= 11 is 0. The van der Waals surface area contributed by atoms with E-state index >= 15 is 0 Å². The number of sulfonamides is 1. The molecular weight excluding hydrogens is 292 g/mol. The predicted molar refractivity (Wildman–Crippen MR) is 80.5 cm³/mol. The Kier molecular flexibility index (Phi) is 5.13. The fourth-order valence-corrected chi connectivity index (χ4v) is 3.47. The predicted octanol–water partition coefficient (Wildman–Crippen LogP) is 0.625. The molecule has 21 heavy (non-hydrogen) atoms. The van der Waals surface area contributed by atoms with Crippen molar-refractivity contribution in [1.82, 2.24) is 14.3 Å². The van der Waals surface area contributed by atoms with Gasteiger partial charge in [0.2, 0.25) is 10.0 Å². The van der Waals surface area contributed by atoms with Gasteiger partial charge in [-0.15, -0.1) is 0 Å². The van der Waals surface area contributed by atoms with Crippen LogP contribution in [0.5, 0.6) is 0 Å². The van der Waals surface area contributed by atoms with Crippen molar-refractivity contribution in [2.24, 2.45) is 5.92 Å². The van der Waals surface area contributed by atoms with E-state index in [0.717, 1.165) is 11.5 Å². The van der Waals surface area contributed by atoms with Crippen LogP contribution < -0.4 is 5.32 Å². The van der Waals surface area contributed by atoms with Crippen molar-refractivity contribution in [1.29, 1.82) is 0 Å². The highest BCUT2D eigenvalue weighted by Crippen LogP contribution is 2.20. The van der Waals surface area contributed by atoms with Gasteiger partial charge in [0.15, 0.2) is 5.82 Å². The fraction of sp³-hybridized carbons (Fsp3) is 0.692. The van der Waals surface area contributed by atoms with Crippen LogP contribution in [-0.2, 0) is 21.4 Å². The Morgan fingerprint density at radius 3 is 2.76 bits per heavy atom. The summed E-state index contributed by atoms with van der Waals surface area (Å²) in [5.74, 6) is 1.89. The summed E-state index contributed by atoms with van der Waals surface area (Å²) in [5, 5.41) is 3.25. The molecule has 7 nitrogen and oxygen atoms in total. The summed E-state index contributed by atoms with van der Waals surface area (Å²) in [4.78, 5) is 8.64. The topological polar surface area (TPSA) is 84.4 Å². The Hall–Kier alpha value is -1.25. The van der Waals surface area contributed by atoms with Gasteiger partial charge in [0.05, 0.1) is 5.75 Å². The van der Waals surface area contributed by atoms with E-state index < -0.39 is 10.0 Å². The van der Waals surface area contributed by atoms with Gasteiger partial charge in [0.25, 0.3) is 0 Å². The van der Waals surface area contributed by atoms with Gasteiger partial charge in [-0.3, -0.25) is 0 Å². The summed E-state index contributed by atoms with van der Waals surface area (Å²) < 4.78 is 29.8. The Bertz CT molecular complexity index is 585. The molecule has 0 bridgehead atoms. The van der Waals surface area contributed by atoms with Crippen molar-refractivity contribution in [2.75, 3.05) is 37.8 Å². The lowest BCUT2D eigenvalue weighted by atomic mass is 10.0. The maximum Gasteiger partial charge on any atom is 0.213 e. The smallest absolute Gasteiger partial charge is 0.213 e. The zero-order valence-corrected chi connectivity index (χ0v) is 13.5. The highest BCUT2D eigenvalue weighted by Gasteiger charge is 2.34. The number of nitrogens with zero attached hydrogens (tertiary/aromatic N) is 3. The molecule has 1 aromatic rings. The van der Waals surface area contributed by atoms with Crippen molar-refractivity contribution in [2.45, 2.75) is 20.5 Å². The van der Waals surface area contributed by atoms with E-state index in [1.165, 1.54) is 4.31 Å². The lowest BCUT2D eigenvalue weighted by molar-refractivity contribution is 0.177. The monoisotopic (exact) mass is 314 g/mol. The zero-order valence-electron chi connectivity index (χ0n) is 12.7. The number of nitrogens with one attached hydrogen (secondary N) is 1. The van der Waals surface area contributed by atoms with Gasteiger partial charge in [-0.05, 0) is 13.8 Å². The number of anilines is 1. The largest absolute Gasteiger partial charge is 0.377 e. The lowest BCUT2D eigenvalue weighted by Gasteiger charge is -2.38. The molecule has 0 aliphatic carbocycles. The summed E-state index contributed by atoms with van der Waals surface area (Å²) in [6.45, 7) is 5.82. The van der Waals surface area contributed by atoms with E-state index in [0.29, 0.717) is 38.0 Å². The third-order valence-corrected chi connectivity index (χ3v) is 5.24. The van der Waals surface area contributed by atoms with E-state index in [4.69, 9.17) is 4.74 Å². The molecule has 0 amide bonds. The quantitative estimate of drug-likeness (QED) is 0.794. The molecule has 1 aromatic heterocycles. The molecule has 0 unspecified atom stereocenters. The number of rotatable bonds is 7. The molecule has 118 valence electrons. The molecule has 0 atom stereocenters. The number of hydrogen-bond donors (Lipinski definition) is 1. The minimum Gasteiger partial charge on any atom is -0.377 e. The summed E-state index contributed by atoms with van der Waals surface area (Å²) in [5.41, 5.74) is 0.878. The van der Waals surface area contributed by atoms with E-state index in [9.17, 15) is 8.42 Å². The molecule has 2 heterocycles. The van der Waals surface area contributed by atoms with E-state index in [1.807, 2.05) is 13.0 Å². The molecule has 1 aliphatic heterocycles. The van der Waals surface area contributed by atoms with Crippen molar-refractivity contribution in [3.63, 3.8) is 0 Å². The molecular formula is C13H22N4O3S. The molecule has 8 heteroatoms.